The Morgan fingerprint density at radius 2 is 1.65 bits per heavy atom. The van der Waals surface area contributed by atoms with Gasteiger partial charge in [0.2, 0.25) is 0 Å². The summed E-state index contributed by atoms with van der Waals surface area (Å²) in [5, 5.41) is 17.6. The fraction of sp³-hybridized carbons (Fsp3) is 0.727. The number of ketones is 1. The van der Waals surface area contributed by atoms with Crippen LogP contribution in [0.2, 0.25) is 0 Å². The van der Waals surface area contributed by atoms with Gasteiger partial charge in [0.15, 0.2) is 0 Å². The molecular weight excluding hydrogens is 233 g/mol. The number of halogens is 3. The zero-order valence-electron chi connectivity index (χ0n) is 9.47. The molecule has 0 heterocycles. The molecule has 0 amide bonds. The first kappa shape index (κ1) is 15.4. The van der Waals surface area contributed by atoms with Crippen LogP contribution < -0.4 is 0 Å². The molecule has 0 N–H and O–H groups in total. The lowest BCUT2D eigenvalue weighted by Gasteiger charge is -2.18. The average molecular weight is 246 g/mol. The molecule has 94 valence electrons. The van der Waals surface area contributed by atoms with Crippen LogP contribution in [0.25, 0.3) is 0 Å². The molecule has 0 bridgehead atoms. The zero-order chi connectivity index (χ0) is 13.5. The summed E-state index contributed by atoms with van der Waals surface area (Å²) in [7, 11) is 0. The molecule has 0 saturated heterocycles. The number of hydrogen-bond acceptors (Lipinski definition) is 3. The monoisotopic (exact) mass is 246 g/mol. The van der Waals surface area contributed by atoms with Gasteiger partial charge in [0.25, 0.3) is 0 Å². The fourth-order valence-electron chi connectivity index (χ4n) is 1.37. The Kier molecular flexibility index (Phi) is 5.67. The highest BCUT2D eigenvalue weighted by atomic mass is 19.4. The molecule has 0 aliphatic heterocycles. The van der Waals surface area contributed by atoms with E-state index in [-0.39, 0.29) is 25.0 Å². The second-order valence-electron chi connectivity index (χ2n) is 3.98. The van der Waals surface area contributed by atoms with Gasteiger partial charge in [-0.3, -0.25) is 0 Å². The van der Waals surface area contributed by atoms with Gasteiger partial charge >= 0.3 is 6.18 Å². The number of Topliss-reactive ketones (excluding diaryl/α,β-unsaturated/α-hetero) is 1. The molecule has 0 fully saturated rings. The maximum absolute atomic E-state index is 12.0. The van der Waals surface area contributed by atoms with Gasteiger partial charge in [-0.15, -0.1) is 0 Å². The van der Waals surface area contributed by atoms with E-state index in [0.717, 1.165) is 0 Å². The molecule has 0 saturated carbocycles. The summed E-state index contributed by atoms with van der Waals surface area (Å²) in [6, 6.07) is 3.28. The summed E-state index contributed by atoms with van der Waals surface area (Å²) in [5.41, 5.74) is -1.63. The summed E-state index contributed by atoms with van der Waals surface area (Å²) in [6.45, 7) is 1.36. The summed E-state index contributed by atoms with van der Waals surface area (Å²) in [4.78, 5) is 10.7. The van der Waals surface area contributed by atoms with Crippen molar-refractivity contribution in [1.82, 2.24) is 0 Å². The molecule has 0 aromatic heterocycles. The Labute approximate surface area is 97.8 Å². The highest BCUT2D eigenvalue weighted by molar-refractivity contribution is 5.75. The van der Waals surface area contributed by atoms with E-state index in [2.05, 4.69) is 0 Å². The summed E-state index contributed by atoms with van der Waals surface area (Å²) >= 11 is 0. The second kappa shape index (κ2) is 6.24. The largest absolute Gasteiger partial charge is 0.389 e. The maximum Gasteiger partial charge on any atom is 0.389 e. The molecule has 6 heteroatoms. The van der Waals surface area contributed by atoms with Crippen LogP contribution in [0.4, 0.5) is 13.2 Å². The Hall–Kier alpha value is -1.56. The van der Waals surface area contributed by atoms with Gasteiger partial charge in [0.1, 0.15) is 11.2 Å². The number of alkyl halides is 3. The highest BCUT2D eigenvalue weighted by Gasteiger charge is 2.36. The van der Waals surface area contributed by atoms with Crippen LogP contribution in [0.3, 0.4) is 0 Å². The minimum atomic E-state index is -4.38. The lowest BCUT2D eigenvalue weighted by molar-refractivity contribution is -0.138. The van der Waals surface area contributed by atoms with Crippen molar-refractivity contribution < 1.29 is 18.0 Å². The third kappa shape index (κ3) is 6.57. The molecular formula is C11H13F3N2O. The lowest BCUT2D eigenvalue weighted by atomic mass is 9.81. The molecule has 0 aliphatic rings. The Balaban J connectivity index is 4.44. The van der Waals surface area contributed by atoms with Gasteiger partial charge < -0.3 is 4.79 Å². The Morgan fingerprint density at radius 3 is 2.00 bits per heavy atom. The van der Waals surface area contributed by atoms with Crippen molar-refractivity contribution in [2.75, 3.05) is 0 Å². The first-order valence-corrected chi connectivity index (χ1v) is 5.13. The van der Waals surface area contributed by atoms with Gasteiger partial charge in [-0.1, -0.05) is 0 Å². The molecule has 0 radical (unpaired) electrons. The zero-order valence-corrected chi connectivity index (χ0v) is 9.47. The van der Waals surface area contributed by atoms with Crippen molar-refractivity contribution in [2.24, 2.45) is 5.41 Å². The van der Waals surface area contributed by atoms with Crippen LogP contribution in [0.5, 0.6) is 0 Å². The summed E-state index contributed by atoms with van der Waals surface area (Å²) in [6.07, 6.45) is -5.64. The topological polar surface area (TPSA) is 64.7 Å². The van der Waals surface area contributed by atoms with E-state index >= 15 is 0 Å². The molecule has 0 unspecified atom stereocenters. The number of carbonyl (C=O) groups is 1. The van der Waals surface area contributed by atoms with Gasteiger partial charge in [0.05, 0.1) is 12.1 Å². The van der Waals surface area contributed by atoms with Crippen molar-refractivity contribution in [3.8, 4) is 12.1 Å². The van der Waals surface area contributed by atoms with E-state index in [0.29, 0.717) is 0 Å². The SMILES string of the molecule is CC(=O)CCCC(C#N)(C#N)CCC(F)(F)F. The van der Waals surface area contributed by atoms with Crippen molar-refractivity contribution in [3.05, 3.63) is 0 Å². The van der Waals surface area contributed by atoms with E-state index < -0.39 is 24.4 Å². The van der Waals surface area contributed by atoms with Crippen LogP contribution in [0.1, 0.15) is 39.0 Å². The molecule has 17 heavy (non-hydrogen) atoms. The molecule has 0 aliphatic carbocycles. The Bertz CT molecular complexity index is 335. The van der Waals surface area contributed by atoms with Crippen LogP contribution >= 0.6 is 0 Å². The normalized spacial score (nSPS) is 11.6. The summed E-state index contributed by atoms with van der Waals surface area (Å²) in [5.74, 6) is -0.106. The number of rotatable bonds is 6. The minimum Gasteiger partial charge on any atom is -0.300 e. The van der Waals surface area contributed by atoms with E-state index in [1.807, 2.05) is 0 Å². The second-order valence-corrected chi connectivity index (χ2v) is 3.98. The van der Waals surface area contributed by atoms with Crippen molar-refractivity contribution in [3.63, 3.8) is 0 Å². The maximum atomic E-state index is 12.0. The number of nitriles is 2. The molecule has 3 nitrogen and oxygen atoms in total. The third-order valence-electron chi connectivity index (χ3n) is 2.40. The van der Waals surface area contributed by atoms with E-state index in [9.17, 15) is 18.0 Å². The number of carbonyl (C=O) groups excluding carboxylic acids is 1. The van der Waals surface area contributed by atoms with E-state index in [1.165, 1.54) is 6.92 Å². The first-order chi connectivity index (χ1) is 7.74. The number of hydrogen-bond donors (Lipinski definition) is 0. The first-order valence-electron chi connectivity index (χ1n) is 5.13. The predicted molar refractivity (Wildman–Crippen MR) is 53.5 cm³/mol. The van der Waals surface area contributed by atoms with E-state index in [4.69, 9.17) is 10.5 Å². The van der Waals surface area contributed by atoms with Gasteiger partial charge in [0, 0.05) is 12.8 Å². The van der Waals surface area contributed by atoms with Crippen molar-refractivity contribution in [1.29, 1.82) is 10.5 Å². The fourth-order valence-corrected chi connectivity index (χ4v) is 1.37. The molecule has 0 aromatic carbocycles. The van der Waals surface area contributed by atoms with Crippen LogP contribution in [0, 0.1) is 28.1 Å². The molecule has 0 spiro atoms. The smallest absolute Gasteiger partial charge is 0.300 e. The minimum absolute atomic E-state index is 0.00431. The van der Waals surface area contributed by atoms with Crippen molar-refractivity contribution >= 4 is 5.78 Å². The van der Waals surface area contributed by atoms with Crippen LogP contribution in [0.15, 0.2) is 0 Å². The van der Waals surface area contributed by atoms with Gasteiger partial charge in [-0.05, 0) is 26.2 Å². The predicted octanol–water partition coefficient (Wildman–Crippen LogP) is 3.12. The molecule has 0 atom stereocenters. The average Bonchev–Trinajstić information content (AvgIpc) is 2.22. The Morgan fingerprint density at radius 1 is 1.12 bits per heavy atom. The standard InChI is InChI=1S/C11H13F3N2O/c1-9(17)3-2-4-10(7-15,8-16)5-6-11(12,13)14/h2-6H2,1H3. The van der Waals surface area contributed by atoms with Gasteiger partial charge in [-0.2, -0.15) is 23.7 Å². The number of nitrogens with zero attached hydrogens (tertiary/aromatic N) is 2. The summed E-state index contributed by atoms with van der Waals surface area (Å²) < 4.78 is 36.1. The van der Waals surface area contributed by atoms with Gasteiger partial charge in [-0.25, -0.2) is 0 Å². The highest BCUT2D eigenvalue weighted by Crippen LogP contribution is 2.34. The van der Waals surface area contributed by atoms with Crippen molar-refractivity contribution in [2.45, 2.75) is 45.2 Å². The quantitative estimate of drug-likeness (QED) is 0.723. The van der Waals surface area contributed by atoms with Crippen LogP contribution in [-0.2, 0) is 4.79 Å². The third-order valence-corrected chi connectivity index (χ3v) is 2.40. The molecule has 0 aromatic rings. The molecule has 0 rings (SSSR count). The van der Waals surface area contributed by atoms with E-state index in [1.54, 1.807) is 12.1 Å². The lowest BCUT2D eigenvalue weighted by Crippen LogP contribution is -2.20. The van der Waals surface area contributed by atoms with Crippen LogP contribution in [-0.4, -0.2) is 12.0 Å².